The van der Waals surface area contributed by atoms with Crippen molar-refractivity contribution in [2.45, 2.75) is 26.8 Å². The number of nitrogens with zero attached hydrogens (tertiary/aromatic N) is 1. The third kappa shape index (κ3) is 4.41. The second-order valence-electron chi connectivity index (χ2n) is 5.53. The quantitative estimate of drug-likeness (QED) is 0.905. The number of amides is 1. The van der Waals surface area contributed by atoms with E-state index in [9.17, 15) is 4.79 Å². The molecule has 0 saturated heterocycles. The lowest BCUT2D eigenvalue weighted by atomic mass is 10.1. The molecule has 0 spiro atoms. The van der Waals surface area contributed by atoms with E-state index in [1.807, 2.05) is 39.1 Å². The number of carbonyl (C=O) groups is 1. The molecule has 1 N–H and O–H groups in total. The van der Waals surface area contributed by atoms with Crippen LogP contribution in [0.2, 0.25) is 0 Å². The molecule has 2 rings (SSSR count). The Morgan fingerprint density at radius 3 is 2.52 bits per heavy atom. The molecule has 0 aliphatic heterocycles. The van der Waals surface area contributed by atoms with Crippen LogP contribution in [0, 0.1) is 13.8 Å². The molecule has 1 amide bonds. The van der Waals surface area contributed by atoms with Crippen LogP contribution in [0.15, 0.2) is 35.7 Å². The third-order valence-electron chi connectivity index (χ3n) is 3.51. The maximum atomic E-state index is 12.2. The molecule has 112 valence electrons. The van der Waals surface area contributed by atoms with Gasteiger partial charge in [-0.2, -0.15) is 0 Å². The molecular weight excluding hydrogens is 280 g/mol. The van der Waals surface area contributed by atoms with Crippen LogP contribution in [0.5, 0.6) is 0 Å². The normalized spacial score (nSPS) is 12.4. The van der Waals surface area contributed by atoms with Crippen molar-refractivity contribution in [1.82, 2.24) is 4.90 Å². The van der Waals surface area contributed by atoms with E-state index < -0.39 is 0 Å². The van der Waals surface area contributed by atoms with Crippen LogP contribution in [-0.4, -0.2) is 24.4 Å². The molecule has 0 fully saturated rings. The van der Waals surface area contributed by atoms with Crippen molar-refractivity contribution in [3.05, 3.63) is 51.7 Å². The second-order valence-corrected chi connectivity index (χ2v) is 6.51. The molecule has 21 heavy (non-hydrogen) atoms. The van der Waals surface area contributed by atoms with Crippen LogP contribution in [0.3, 0.4) is 0 Å². The van der Waals surface area contributed by atoms with Gasteiger partial charge in [0, 0.05) is 16.6 Å². The molecule has 3 nitrogen and oxygen atoms in total. The van der Waals surface area contributed by atoms with E-state index in [1.54, 1.807) is 11.3 Å². The summed E-state index contributed by atoms with van der Waals surface area (Å²) in [6.45, 7) is 6.57. The van der Waals surface area contributed by atoms with Gasteiger partial charge in [-0.1, -0.05) is 12.1 Å². The minimum Gasteiger partial charge on any atom is -0.325 e. The fourth-order valence-electron chi connectivity index (χ4n) is 2.36. The maximum Gasteiger partial charge on any atom is 0.238 e. The molecule has 0 saturated carbocycles. The van der Waals surface area contributed by atoms with Gasteiger partial charge in [0.2, 0.25) is 5.91 Å². The summed E-state index contributed by atoms with van der Waals surface area (Å²) >= 11 is 1.72. The van der Waals surface area contributed by atoms with Crippen molar-refractivity contribution in [2.75, 3.05) is 18.9 Å². The highest BCUT2D eigenvalue weighted by Crippen LogP contribution is 2.23. The first kappa shape index (κ1) is 15.7. The Morgan fingerprint density at radius 1 is 1.29 bits per heavy atom. The van der Waals surface area contributed by atoms with Gasteiger partial charge in [0.05, 0.1) is 6.54 Å². The standard InChI is InChI=1S/C17H22N2OS/c1-12-8-13(2)10-15(9-12)18-17(20)11-19(4)14(3)16-6-5-7-21-16/h5-10,14H,11H2,1-4H3,(H,18,20). The lowest BCUT2D eigenvalue weighted by Gasteiger charge is -2.23. The number of anilines is 1. The van der Waals surface area contributed by atoms with Crippen molar-refractivity contribution in [1.29, 1.82) is 0 Å². The second kappa shape index (κ2) is 6.87. The van der Waals surface area contributed by atoms with Gasteiger partial charge in [0.1, 0.15) is 0 Å². The average Bonchev–Trinajstić information content (AvgIpc) is 2.89. The first-order valence-electron chi connectivity index (χ1n) is 7.07. The molecule has 0 bridgehead atoms. The average molecular weight is 302 g/mol. The van der Waals surface area contributed by atoms with Gasteiger partial charge in [-0.05, 0) is 62.5 Å². The number of aryl methyl sites for hydroxylation is 2. The number of rotatable bonds is 5. The molecule has 4 heteroatoms. The van der Waals surface area contributed by atoms with Crippen molar-refractivity contribution < 1.29 is 4.79 Å². The van der Waals surface area contributed by atoms with Crippen LogP contribution in [0.25, 0.3) is 0 Å². The molecule has 1 aromatic heterocycles. The minimum atomic E-state index is 0.0194. The topological polar surface area (TPSA) is 32.3 Å². The summed E-state index contributed by atoms with van der Waals surface area (Å²) in [4.78, 5) is 15.5. The molecule has 0 radical (unpaired) electrons. The lowest BCUT2D eigenvalue weighted by molar-refractivity contribution is -0.117. The zero-order valence-corrected chi connectivity index (χ0v) is 13.8. The summed E-state index contributed by atoms with van der Waals surface area (Å²) in [7, 11) is 1.98. The SMILES string of the molecule is Cc1cc(C)cc(NC(=O)CN(C)C(C)c2cccs2)c1. The van der Waals surface area contributed by atoms with Gasteiger partial charge in [-0.15, -0.1) is 11.3 Å². The van der Waals surface area contributed by atoms with E-state index in [-0.39, 0.29) is 11.9 Å². The summed E-state index contributed by atoms with van der Waals surface area (Å²) in [5, 5.41) is 5.04. The van der Waals surface area contributed by atoms with Crippen LogP contribution in [-0.2, 0) is 4.79 Å². The van der Waals surface area contributed by atoms with E-state index in [1.165, 1.54) is 4.88 Å². The summed E-state index contributed by atoms with van der Waals surface area (Å²) in [6, 6.07) is 10.5. The number of hydrogen-bond acceptors (Lipinski definition) is 3. The Bertz CT molecular complexity index is 587. The smallest absolute Gasteiger partial charge is 0.238 e. The van der Waals surface area contributed by atoms with Crippen molar-refractivity contribution in [3.8, 4) is 0 Å². The summed E-state index contributed by atoms with van der Waals surface area (Å²) in [5.41, 5.74) is 3.19. The van der Waals surface area contributed by atoms with Crippen molar-refractivity contribution in [3.63, 3.8) is 0 Å². The first-order valence-corrected chi connectivity index (χ1v) is 7.95. The monoisotopic (exact) mass is 302 g/mol. The molecular formula is C17H22N2OS. The number of likely N-dealkylation sites (N-methyl/N-ethyl adjacent to an activating group) is 1. The molecule has 1 heterocycles. The van der Waals surface area contributed by atoms with E-state index in [0.717, 1.165) is 16.8 Å². The number of thiophene rings is 1. The van der Waals surface area contributed by atoms with Crippen LogP contribution < -0.4 is 5.32 Å². The highest BCUT2D eigenvalue weighted by Gasteiger charge is 2.15. The van der Waals surface area contributed by atoms with Crippen LogP contribution >= 0.6 is 11.3 Å². The maximum absolute atomic E-state index is 12.2. The Kier molecular flexibility index (Phi) is 5.15. The fourth-order valence-corrected chi connectivity index (χ4v) is 3.21. The lowest BCUT2D eigenvalue weighted by Crippen LogP contribution is -2.31. The number of nitrogens with one attached hydrogen (secondary N) is 1. The Balaban J connectivity index is 1.95. The summed E-state index contributed by atoms with van der Waals surface area (Å²) < 4.78 is 0. The van der Waals surface area contributed by atoms with E-state index in [0.29, 0.717) is 6.54 Å². The van der Waals surface area contributed by atoms with Crippen LogP contribution in [0.1, 0.15) is 29.0 Å². The van der Waals surface area contributed by atoms with Gasteiger partial charge in [-0.3, -0.25) is 9.69 Å². The zero-order valence-electron chi connectivity index (χ0n) is 13.0. The zero-order chi connectivity index (χ0) is 15.4. The van der Waals surface area contributed by atoms with E-state index >= 15 is 0 Å². The minimum absolute atomic E-state index is 0.0194. The number of carbonyl (C=O) groups excluding carboxylic acids is 1. The Labute approximate surface area is 130 Å². The predicted octanol–water partition coefficient (Wildman–Crippen LogP) is 4.00. The van der Waals surface area contributed by atoms with Gasteiger partial charge in [-0.25, -0.2) is 0 Å². The highest BCUT2D eigenvalue weighted by atomic mass is 32.1. The molecule has 1 aromatic carbocycles. The van der Waals surface area contributed by atoms with Crippen LogP contribution in [0.4, 0.5) is 5.69 Å². The highest BCUT2D eigenvalue weighted by molar-refractivity contribution is 7.10. The molecule has 1 unspecified atom stereocenters. The predicted molar refractivity (Wildman–Crippen MR) is 89.9 cm³/mol. The Morgan fingerprint density at radius 2 is 1.95 bits per heavy atom. The van der Waals surface area contributed by atoms with E-state index in [4.69, 9.17) is 0 Å². The first-order chi connectivity index (χ1) is 9.95. The number of benzene rings is 1. The molecule has 0 aliphatic rings. The third-order valence-corrected chi connectivity index (χ3v) is 4.56. The Hall–Kier alpha value is -1.65. The largest absolute Gasteiger partial charge is 0.325 e. The molecule has 1 atom stereocenters. The summed E-state index contributed by atoms with van der Waals surface area (Å²) in [5.74, 6) is 0.0194. The van der Waals surface area contributed by atoms with Gasteiger partial charge < -0.3 is 5.32 Å². The molecule has 0 aliphatic carbocycles. The van der Waals surface area contributed by atoms with Gasteiger partial charge in [0.15, 0.2) is 0 Å². The molecule has 2 aromatic rings. The number of hydrogen-bond donors (Lipinski definition) is 1. The van der Waals surface area contributed by atoms with Gasteiger partial charge in [0.25, 0.3) is 0 Å². The fraction of sp³-hybridized carbons (Fsp3) is 0.353. The van der Waals surface area contributed by atoms with Gasteiger partial charge >= 0.3 is 0 Å². The van der Waals surface area contributed by atoms with Crippen molar-refractivity contribution in [2.24, 2.45) is 0 Å². The summed E-state index contributed by atoms with van der Waals surface area (Å²) in [6.07, 6.45) is 0. The van der Waals surface area contributed by atoms with E-state index in [2.05, 4.69) is 34.7 Å². The van der Waals surface area contributed by atoms with Crippen molar-refractivity contribution >= 4 is 22.9 Å².